The van der Waals surface area contributed by atoms with Gasteiger partial charge < -0.3 is 9.52 Å². The Balaban J connectivity index is 2.06. The summed E-state index contributed by atoms with van der Waals surface area (Å²) in [5.74, 6) is -0.503. The van der Waals surface area contributed by atoms with Gasteiger partial charge in [0.2, 0.25) is 0 Å². The number of aromatic nitrogens is 1. The number of fused-ring (bicyclic) bond motifs is 1. The van der Waals surface area contributed by atoms with Gasteiger partial charge in [-0.2, -0.15) is 0 Å². The first-order valence-corrected chi connectivity index (χ1v) is 7.39. The van der Waals surface area contributed by atoms with Gasteiger partial charge in [-0.15, -0.1) is 0 Å². The first-order chi connectivity index (χ1) is 9.54. The van der Waals surface area contributed by atoms with E-state index in [1.165, 1.54) is 0 Å². The highest BCUT2D eigenvalue weighted by molar-refractivity contribution is 9.11. The van der Waals surface area contributed by atoms with Crippen LogP contribution < -0.4 is 5.76 Å². The highest BCUT2D eigenvalue weighted by Gasteiger charge is 2.15. The zero-order chi connectivity index (χ0) is 14.3. The van der Waals surface area contributed by atoms with E-state index in [1.54, 1.807) is 18.2 Å². The summed E-state index contributed by atoms with van der Waals surface area (Å²) in [5.41, 5.74) is 2.44. The topological polar surface area (TPSA) is 66.2 Å². The van der Waals surface area contributed by atoms with Gasteiger partial charge in [0.25, 0.3) is 0 Å². The van der Waals surface area contributed by atoms with Crippen molar-refractivity contribution in [1.82, 2.24) is 4.98 Å². The largest absolute Gasteiger partial charge is 0.417 e. The van der Waals surface area contributed by atoms with Gasteiger partial charge in [0.05, 0.1) is 5.52 Å². The number of oxazole rings is 1. The molecule has 0 aliphatic rings. The zero-order valence-electron chi connectivity index (χ0n) is 10.1. The van der Waals surface area contributed by atoms with Crippen LogP contribution in [0, 0.1) is 0 Å². The van der Waals surface area contributed by atoms with Crippen LogP contribution in [-0.2, 0) is 0 Å². The standard InChI is InChI=1S/C14H9Br2NO3/c15-8-2-3-9(10(16)6-8)13(18)7-1-4-11-12(5-7)20-14(19)17-11/h1-6,13,18H,(H,17,19). The predicted octanol–water partition coefficient (Wildman–Crippen LogP) is 3.73. The molecular formula is C14H9Br2NO3. The lowest BCUT2D eigenvalue weighted by Gasteiger charge is -2.13. The van der Waals surface area contributed by atoms with E-state index in [0.717, 1.165) is 14.5 Å². The molecule has 1 heterocycles. The minimum Gasteiger partial charge on any atom is -0.408 e. The molecule has 1 aromatic heterocycles. The molecule has 0 radical (unpaired) electrons. The fourth-order valence-electron chi connectivity index (χ4n) is 2.03. The van der Waals surface area contributed by atoms with Crippen molar-refractivity contribution in [2.24, 2.45) is 0 Å². The van der Waals surface area contributed by atoms with Crippen molar-refractivity contribution in [3.63, 3.8) is 0 Å². The summed E-state index contributed by atoms with van der Waals surface area (Å²) in [5, 5.41) is 10.5. The van der Waals surface area contributed by atoms with Crippen LogP contribution in [0.15, 0.2) is 54.6 Å². The molecule has 0 aliphatic heterocycles. The maximum absolute atomic E-state index is 11.1. The third-order valence-electron chi connectivity index (χ3n) is 3.02. The van der Waals surface area contributed by atoms with Crippen molar-refractivity contribution in [2.75, 3.05) is 0 Å². The second kappa shape index (κ2) is 5.20. The number of aromatic amines is 1. The monoisotopic (exact) mass is 397 g/mol. The minimum atomic E-state index is -0.804. The van der Waals surface area contributed by atoms with E-state index >= 15 is 0 Å². The molecule has 1 atom stereocenters. The van der Waals surface area contributed by atoms with E-state index in [2.05, 4.69) is 36.8 Å². The quantitative estimate of drug-likeness (QED) is 0.691. The van der Waals surface area contributed by atoms with Crippen LogP contribution in [0.25, 0.3) is 11.1 Å². The van der Waals surface area contributed by atoms with E-state index < -0.39 is 11.9 Å². The molecule has 0 fully saturated rings. The van der Waals surface area contributed by atoms with Crippen LogP contribution in [0.3, 0.4) is 0 Å². The van der Waals surface area contributed by atoms with E-state index in [1.807, 2.05) is 18.2 Å². The van der Waals surface area contributed by atoms with Crippen LogP contribution in [0.2, 0.25) is 0 Å². The van der Waals surface area contributed by atoms with Gasteiger partial charge in [-0.3, -0.25) is 4.98 Å². The van der Waals surface area contributed by atoms with Gasteiger partial charge in [0.15, 0.2) is 5.58 Å². The average molecular weight is 399 g/mol. The third kappa shape index (κ3) is 2.46. The van der Waals surface area contributed by atoms with Gasteiger partial charge in [-0.1, -0.05) is 44.0 Å². The molecule has 0 saturated carbocycles. The minimum absolute atomic E-state index is 0.430. The zero-order valence-corrected chi connectivity index (χ0v) is 13.2. The molecule has 0 bridgehead atoms. The Morgan fingerprint density at radius 3 is 2.70 bits per heavy atom. The maximum Gasteiger partial charge on any atom is 0.417 e. The molecule has 4 nitrogen and oxygen atoms in total. The Hall–Kier alpha value is -1.37. The molecule has 6 heteroatoms. The molecule has 102 valence electrons. The molecule has 0 amide bonds. The number of H-pyrrole nitrogens is 1. The molecule has 0 spiro atoms. The molecule has 3 aromatic rings. The molecule has 2 aromatic carbocycles. The summed E-state index contributed by atoms with van der Waals surface area (Å²) in [6, 6.07) is 10.7. The van der Waals surface area contributed by atoms with Crippen molar-refractivity contribution in [2.45, 2.75) is 6.10 Å². The van der Waals surface area contributed by atoms with Crippen LogP contribution >= 0.6 is 31.9 Å². The normalized spacial score (nSPS) is 12.8. The van der Waals surface area contributed by atoms with Crippen LogP contribution in [0.1, 0.15) is 17.2 Å². The summed E-state index contributed by atoms with van der Waals surface area (Å²) in [6.45, 7) is 0. The number of hydrogen-bond donors (Lipinski definition) is 2. The number of rotatable bonds is 2. The molecule has 0 saturated heterocycles. The van der Waals surface area contributed by atoms with E-state index in [9.17, 15) is 9.90 Å². The highest BCUT2D eigenvalue weighted by atomic mass is 79.9. The number of aliphatic hydroxyl groups excluding tert-OH is 1. The van der Waals surface area contributed by atoms with Gasteiger partial charge in [0.1, 0.15) is 6.10 Å². The Morgan fingerprint density at radius 1 is 1.15 bits per heavy atom. The fourth-order valence-corrected chi connectivity index (χ4v) is 3.30. The van der Waals surface area contributed by atoms with Crippen molar-refractivity contribution in [3.05, 3.63) is 67.0 Å². The van der Waals surface area contributed by atoms with Crippen molar-refractivity contribution in [3.8, 4) is 0 Å². The fraction of sp³-hybridized carbons (Fsp3) is 0.0714. The summed E-state index contributed by atoms with van der Waals surface area (Å²) in [4.78, 5) is 13.7. The van der Waals surface area contributed by atoms with E-state index in [4.69, 9.17) is 4.42 Å². The Kier molecular flexibility index (Phi) is 3.54. The highest BCUT2D eigenvalue weighted by Crippen LogP contribution is 2.31. The lowest BCUT2D eigenvalue weighted by atomic mass is 10.0. The van der Waals surface area contributed by atoms with E-state index in [0.29, 0.717) is 16.7 Å². The molecule has 3 rings (SSSR count). The summed E-state index contributed by atoms with van der Waals surface area (Å²) in [7, 11) is 0. The van der Waals surface area contributed by atoms with Crippen molar-refractivity contribution < 1.29 is 9.52 Å². The number of aliphatic hydroxyl groups is 1. The second-order valence-electron chi connectivity index (χ2n) is 4.34. The van der Waals surface area contributed by atoms with Gasteiger partial charge in [-0.25, -0.2) is 4.79 Å². The van der Waals surface area contributed by atoms with Crippen molar-refractivity contribution in [1.29, 1.82) is 0 Å². The lowest BCUT2D eigenvalue weighted by Crippen LogP contribution is -2.00. The summed E-state index contributed by atoms with van der Waals surface area (Å²) >= 11 is 6.80. The first kappa shape index (κ1) is 13.6. The molecule has 1 unspecified atom stereocenters. The number of benzene rings is 2. The second-order valence-corrected chi connectivity index (χ2v) is 6.11. The van der Waals surface area contributed by atoms with Crippen LogP contribution in [-0.4, -0.2) is 10.1 Å². The molecule has 0 aliphatic carbocycles. The Bertz CT molecular complexity index is 838. The number of nitrogens with one attached hydrogen (secondary N) is 1. The maximum atomic E-state index is 11.1. The summed E-state index contributed by atoms with van der Waals surface area (Å²) in [6.07, 6.45) is -0.804. The first-order valence-electron chi connectivity index (χ1n) is 5.80. The molecule has 2 N–H and O–H groups in total. The van der Waals surface area contributed by atoms with E-state index in [-0.39, 0.29) is 0 Å². The lowest BCUT2D eigenvalue weighted by molar-refractivity contribution is 0.219. The van der Waals surface area contributed by atoms with Crippen LogP contribution in [0.5, 0.6) is 0 Å². The van der Waals surface area contributed by atoms with Gasteiger partial charge in [-0.05, 0) is 35.4 Å². The Morgan fingerprint density at radius 2 is 1.95 bits per heavy atom. The number of hydrogen-bond acceptors (Lipinski definition) is 3. The SMILES string of the molecule is O=c1[nH]c2ccc(C(O)c3ccc(Br)cc3Br)cc2o1. The molecular weight excluding hydrogens is 390 g/mol. The average Bonchev–Trinajstić information content (AvgIpc) is 2.77. The van der Waals surface area contributed by atoms with Gasteiger partial charge in [0, 0.05) is 8.95 Å². The van der Waals surface area contributed by atoms with Gasteiger partial charge >= 0.3 is 5.76 Å². The third-order valence-corrected chi connectivity index (χ3v) is 4.20. The van der Waals surface area contributed by atoms with Crippen LogP contribution in [0.4, 0.5) is 0 Å². The smallest absolute Gasteiger partial charge is 0.408 e. The summed E-state index contributed by atoms with van der Waals surface area (Å²) < 4.78 is 6.73. The predicted molar refractivity (Wildman–Crippen MR) is 82.7 cm³/mol. The Labute approximate surface area is 130 Å². The number of halogens is 2. The van der Waals surface area contributed by atoms with Crippen molar-refractivity contribution >= 4 is 43.0 Å². The molecule has 20 heavy (non-hydrogen) atoms.